The fourth-order valence-electron chi connectivity index (χ4n) is 5.92. The summed E-state index contributed by atoms with van der Waals surface area (Å²) in [5.74, 6) is 1.71. The van der Waals surface area contributed by atoms with Crippen LogP contribution in [-0.2, 0) is 13.1 Å². The number of nitrogens with one attached hydrogen (secondary N) is 1. The molecule has 1 aliphatic carbocycles. The minimum Gasteiger partial charge on any atom is -0.497 e. The zero-order valence-corrected chi connectivity index (χ0v) is 22.9. The summed E-state index contributed by atoms with van der Waals surface area (Å²) < 4.78 is 7.43. The van der Waals surface area contributed by atoms with Gasteiger partial charge in [-0.2, -0.15) is 0 Å². The number of aromatic nitrogens is 5. The van der Waals surface area contributed by atoms with E-state index < -0.39 is 0 Å². The minimum absolute atomic E-state index is 0.0385. The van der Waals surface area contributed by atoms with Crippen LogP contribution in [0.15, 0.2) is 47.3 Å². The van der Waals surface area contributed by atoms with E-state index in [1.54, 1.807) is 7.11 Å². The summed E-state index contributed by atoms with van der Waals surface area (Å²) in [6.45, 7) is 7.44. The van der Waals surface area contributed by atoms with Gasteiger partial charge in [0.1, 0.15) is 5.75 Å². The molecule has 1 saturated carbocycles. The first-order valence-electron chi connectivity index (χ1n) is 13.7. The first kappa shape index (κ1) is 26.1. The first-order valence-corrected chi connectivity index (χ1v) is 13.7. The molecule has 1 aliphatic rings. The van der Waals surface area contributed by atoms with Gasteiger partial charge in [0.05, 0.1) is 24.7 Å². The Morgan fingerprint density at radius 3 is 2.55 bits per heavy atom. The maximum absolute atomic E-state index is 13.3. The van der Waals surface area contributed by atoms with E-state index in [-0.39, 0.29) is 11.6 Å². The summed E-state index contributed by atoms with van der Waals surface area (Å²) in [7, 11) is 1.68. The molecule has 0 bridgehead atoms. The summed E-state index contributed by atoms with van der Waals surface area (Å²) >= 11 is 0. The van der Waals surface area contributed by atoms with Crippen LogP contribution in [0.2, 0.25) is 0 Å². The van der Waals surface area contributed by atoms with E-state index in [1.807, 2.05) is 25.1 Å². The molecule has 4 aromatic rings. The van der Waals surface area contributed by atoms with Crippen LogP contribution in [0.4, 0.5) is 0 Å². The summed E-state index contributed by atoms with van der Waals surface area (Å²) in [6, 6.07) is 14.7. The highest BCUT2D eigenvalue weighted by molar-refractivity contribution is 5.82. The van der Waals surface area contributed by atoms with Crippen molar-refractivity contribution in [3.8, 4) is 5.75 Å². The molecule has 2 heterocycles. The molecule has 8 nitrogen and oxygen atoms in total. The molecule has 1 unspecified atom stereocenters. The van der Waals surface area contributed by atoms with Crippen LogP contribution in [0.3, 0.4) is 0 Å². The van der Waals surface area contributed by atoms with E-state index in [9.17, 15) is 4.79 Å². The number of tetrazole rings is 1. The van der Waals surface area contributed by atoms with Gasteiger partial charge in [-0.05, 0) is 84.3 Å². The van der Waals surface area contributed by atoms with Crippen molar-refractivity contribution in [1.29, 1.82) is 0 Å². The third kappa shape index (κ3) is 5.50. The van der Waals surface area contributed by atoms with Gasteiger partial charge in [-0.25, -0.2) is 4.68 Å². The highest BCUT2D eigenvalue weighted by Gasteiger charge is 2.29. The van der Waals surface area contributed by atoms with Crippen molar-refractivity contribution >= 4 is 10.9 Å². The number of hydrogen-bond donors (Lipinski definition) is 1. The second kappa shape index (κ2) is 11.5. The Bertz CT molecular complexity index is 1440. The second-order valence-corrected chi connectivity index (χ2v) is 10.6. The monoisotopic (exact) mass is 514 g/mol. The largest absolute Gasteiger partial charge is 0.497 e. The van der Waals surface area contributed by atoms with Crippen LogP contribution in [0.5, 0.6) is 5.75 Å². The SMILES string of the molecule is CCC(c1nnnn1C1CCCCC1)N(Cc1ccc(OC)cc1)Cc1cc2cc(C)cc(C)c2[nH]c1=O. The van der Waals surface area contributed by atoms with Crippen molar-refractivity contribution < 1.29 is 4.74 Å². The number of H-pyrrole nitrogens is 1. The van der Waals surface area contributed by atoms with E-state index >= 15 is 0 Å². The van der Waals surface area contributed by atoms with Crippen LogP contribution in [0.1, 0.15) is 85.6 Å². The van der Waals surface area contributed by atoms with Gasteiger partial charge >= 0.3 is 0 Å². The first-order chi connectivity index (χ1) is 18.5. The lowest BCUT2D eigenvalue weighted by Crippen LogP contribution is -2.33. The summed E-state index contributed by atoms with van der Waals surface area (Å²) in [5, 5.41) is 14.2. The predicted octanol–water partition coefficient (Wildman–Crippen LogP) is 5.80. The quantitative estimate of drug-likeness (QED) is 0.304. The molecule has 8 heteroatoms. The van der Waals surface area contributed by atoms with Crippen LogP contribution < -0.4 is 10.3 Å². The smallest absolute Gasteiger partial charge is 0.252 e. The number of benzene rings is 2. The minimum atomic E-state index is -0.0501. The van der Waals surface area contributed by atoms with Crippen LogP contribution in [-0.4, -0.2) is 37.2 Å². The van der Waals surface area contributed by atoms with E-state index in [2.05, 4.69) is 68.2 Å². The molecule has 1 N–H and O–H groups in total. The second-order valence-electron chi connectivity index (χ2n) is 10.6. The standard InChI is InChI=1S/C30H38N6O2/c1-5-27(29-32-33-34-36(29)25-9-7-6-8-10-25)35(18-22-11-13-26(38-4)14-12-22)19-24-17-23-16-20(2)15-21(3)28(23)31-30(24)37/h11-17,25,27H,5-10,18-19H2,1-4H3,(H,31,37). The van der Waals surface area contributed by atoms with Crippen LogP contribution in [0.25, 0.3) is 10.9 Å². The van der Waals surface area contributed by atoms with Gasteiger partial charge < -0.3 is 9.72 Å². The lowest BCUT2D eigenvalue weighted by Gasteiger charge is -2.32. The molecule has 1 fully saturated rings. The van der Waals surface area contributed by atoms with E-state index in [0.29, 0.717) is 19.1 Å². The number of nitrogens with zero attached hydrogens (tertiary/aromatic N) is 5. The molecular formula is C30H38N6O2. The fourth-order valence-corrected chi connectivity index (χ4v) is 5.92. The van der Waals surface area contributed by atoms with Gasteiger partial charge in [0, 0.05) is 18.7 Å². The van der Waals surface area contributed by atoms with Crippen molar-refractivity contribution in [1.82, 2.24) is 30.1 Å². The Labute approximate surface area is 224 Å². The number of pyridine rings is 1. The van der Waals surface area contributed by atoms with Gasteiger partial charge in [-0.1, -0.05) is 49.9 Å². The van der Waals surface area contributed by atoms with Crippen molar-refractivity contribution in [2.24, 2.45) is 0 Å². The number of rotatable bonds is 9. The maximum Gasteiger partial charge on any atom is 0.252 e. The Morgan fingerprint density at radius 1 is 1.08 bits per heavy atom. The number of methoxy groups -OCH3 is 1. The summed E-state index contributed by atoms with van der Waals surface area (Å²) in [6.07, 6.45) is 6.74. The highest BCUT2D eigenvalue weighted by Crippen LogP contribution is 2.33. The lowest BCUT2D eigenvalue weighted by molar-refractivity contribution is 0.155. The summed E-state index contributed by atoms with van der Waals surface area (Å²) in [5.41, 5.74) is 5.00. The molecule has 2 aromatic heterocycles. The molecule has 0 spiro atoms. The molecule has 0 aliphatic heterocycles. The topological polar surface area (TPSA) is 88.9 Å². The molecule has 0 radical (unpaired) electrons. The van der Waals surface area contributed by atoms with E-state index in [0.717, 1.165) is 58.4 Å². The van der Waals surface area contributed by atoms with Crippen molar-refractivity contribution in [2.75, 3.05) is 7.11 Å². The fraction of sp³-hybridized carbons (Fsp3) is 0.467. The van der Waals surface area contributed by atoms with Crippen LogP contribution >= 0.6 is 0 Å². The Balaban J connectivity index is 1.53. The third-order valence-electron chi connectivity index (χ3n) is 7.85. The Kier molecular flexibility index (Phi) is 7.88. The Hall–Kier alpha value is -3.52. The van der Waals surface area contributed by atoms with E-state index in [1.165, 1.54) is 24.8 Å². The molecule has 0 saturated heterocycles. The highest BCUT2D eigenvalue weighted by atomic mass is 16.5. The van der Waals surface area contributed by atoms with Gasteiger partial charge in [0.15, 0.2) is 5.82 Å². The van der Waals surface area contributed by atoms with Gasteiger partial charge in [0.2, 0.25) is 0 Å². The maximum atomic E-state index is 13.3. The van der Waals surface area contributed by atoms with Crippen LogP contribution in [0, 0.1) is 13.8 Å². The van der Waals surface area contributed by atoms with Gasteiger partial charge in [0.25, 0.3) is 5.56 Å². The molecule has 1 atom stereocenters. The molecule has 2 aromatic carbocycles. The molecule has 5 rings (SSSR count). The van der Waals surface area contributed by atoms with Crippen molar-refractivity contribution in [3.63, 3.8) is 0 Å². The number of fused-ring (bicyclic) bond motifs is 1. The summed E-state index contributed by atoms with van der Waals surface area (Å²) in [4.78, 5) is 18.8. The molecule has 0 amide bonds. The zero-order chi connectivity index (χ0) is 26.6. The molecular weight excluding hydrogens is 476 g/mol. The molecule has 200 valence electrons. The van der Waals surface area contributed by atoms with E-state index in [4.69, 9.17) is 4.74 Å². The molecule has 38 heavy (non-hydrogen) atoms. The van der Waals surface area contributed by atoms with Crippen molar-refractivity contribution in [3.05, 3.63) is 80.9 Å². The third-order valence-corrected chi connectivity index (χ3v) is 7.85. The normalized spacial score (nSPS) is 15.3. The average Bonchev–Trinajstić information content (AvgIpc) is 3.40. The zero-order valence-electron chi connectivity index (χ0n) is 22.9. The van der Waals surface area contributed by atoms with Crippen molar-refractivity contribution in [2.45, 2.75) is 84.5 Å². The number of ether oxygens (including phenoxy) is 1. The Morgan fingerprint density at radius 2 is 1.84 bits per heavy atom. The van der Waals surface area contributed by atoms with Gasteiger partial charge in [-0.3, -0.25) is 9.69 Å². The number of aromatic amines is 1. The number of hydrogen-bond acceptors (Lipinski definition) is 6. The van der Waals surface area contributed by atoms with Gasteiger partial charge in [-0.15, -0.1) is 5.10 Å². The predicted molar refractivity (Wildman–Crippen MR) is 149 cm³/mol. The average molecular weight is 515 g/mol. The lowest BCUT2D eigenvalue weighted by atomic mass is 9.95. The number of aryl methyl sites for hydroxylation is 2.